The third-order valence-corrected chi connectivity index (χ3v) is 3.45. The topological polar surface area (TPSA) is 29.3 Å². The van der Waals surface area contributed by atoms with Crippen molar-refractivity contribution in [3.63, 3.8) is 0 Å². The van der Waals surface area contributed by atoms with E-state index in [0.717, 1.165) is 13.1 Å². The summed E-state index contributed by atoms with van der Waals surface area (Å²) in [5, 5.41) is 0. The molecule has 0 aromatic heterocycles. The third-order valence-electron chi connectivity index (χ3n) is 3.45. The number of hydrogen-bond donors (Lipinski definition) is 1. The molecule has 0 spiro atoms. The van der Waals surface area contributed by atoms with E-state index in [1.807, 2.05) is 0 Å². The fourth-order valence-electron chi connectivity index (χ4n) is 2.48. The molecular formula is C14H22N2. The standard InChI is InChI=1S/C14H22N2/c1-11(15)12-6-4-5-7-13(12)16-9-8-14(2,3)10-16/h4-7,11H,8-10,15H2,1-3H3/t11-/m1/s1. The normalized spacial score (nSPS) is 21.1. The number of benzene rings is 1. The molecule has 1 fully saturated rings. The molecule has 0 bridgehead atoms. The molecule has 1 aromatic rings. The van der Waals surface area contributed by atoms with E-state index in [0.29, 0.717) is 5.41 Å². The van der Waals surface area contributed by atoms with E-state index >= 15 is 0 Å². The van der Waals surface area contributed by atoms with E-state index < -0.39 is 0 Å². The van der Waals surface area contributed by atoms with Crippen LogP contribution in [0, 0.1) is 5.41 Å². The molecule has 0 aliphatic carbocycles. The van der Waals surface area contributed by atoms with Gasteiger partial charge in [-0.25, -0.2) is 0 Å². The van der Waals surface area contributed by atoms with Gasteiger partial charge in [0.15, 0.2) is 0 Å². The predicted octanol–water partition coefficient (Wildman–Crippen LogP) is 2.94. The molecule has 0 unspecified atom stereocenters. The first-order chi connectivity index (χ1) is 7.49. The first-order valence-electron chi connectivity index (χ1n) is 6.09. The van der Waals surface area contributed by atoms with Crippen LogP contribution >= 0.6 is 0 Å². The molecule has 1 saturated heterocycles. The minimum atomic E-state index is 0.111. The van der Waals surface area contributed by atoms with Crippen molar-refractivity contribution in [3.05, 3.63) is 29.8 Å². The lowest BCUT2D eigenvalue weighted by molar-refractivity contribution is 0.418. The third kappa shape index (κ3) is 2.22. The first-order valence-corrected chi connectivity index (χ1v) is 6.09. The van der Waals surface area contributed by atoms with Crippen LogP contribution < -0.4 is 10.6 Å². The lowest BCUT2D eigenvalue weighted by Gasteiger charge is -2.25. The van der Waals surface area contributed by atoms with Gasteiger partial charge in [0, 0.05) is 24.8 Å². The Morgan fingerprint density at radius 2 is 2.00 bits per heavy atom. The van der Waals surface area contributed by atoms with Crippen molar-refractivity contribution in [2.75, 3.05) is 18.0 Å². The second-order valence-corrected chi connectivity index (χ2v) is 5.68. The van der Waals surface area contributed by atoms with Crippen molar-refractivity contribution in [3.8, 4) is 0 Å². The number of rotatable bonds is 2. The number of nitrogens with zero attached hydrogens (tertiary/aromatic N) is 1. The molecule has 88 valence electrons. The Morgan fingerprint density at radius 1 is 1.31 bits per heavy atom. The van der Waals surface area contributed by atoms with E-state index in [1.54, 1.807) is 0 Å². The summed E-state index contributed by atoms with van der Waals surface area (Å²) in [6.45, 7) is 9.01. The molecule has 0 radical (unpaired) electrons. The summed E-state index contributed by atoms with van der Waals surface area (Å²) in [4.78, 5) is 2.47. The first kappa shape index (κ1) is 11.5. The quantitative estimate of drug-likeness (QED) is 0.827. The van der Waals surface area contributed by atoms with E-state index in [4.69, 9.17) is 5.73 Å². The van der Waals surface area contributed by atoms with Gasteiger partial charge in [-0.15, -0.1) is 0 Å². The van der Waals surface area contributed by atoms with Gasteiger partial charge in [-0.3, -0.25) is 0 Å². The van der Waals surface area contributed by atoms with Crippen LogP contribution in [0.1, 0.15) is 38.8 Å². The predicted molar refractivity (Wildman–Crippen MR) is 69.7 cm³/mol. The second-order valence-electron chi connectivity index (χ2n) is 5.68. The van der Waals surface area contributed by atoms with Gasteiger partial charge >= 0.3 is 0 Å². The monoisotopic (exact) mass is 218 g/mol. The average molecular weight is 218 g/mol. The minimum Gasteiger partial charge on any atom is -0.371 e. The van der Waals surface area contributed by atoms with Crippen LogP contribution in [0.25, 0.3) is 0 Å². The molecule has 0 amide bonds. The van der Waals surface area contributed by atoms with Crippen molar-refractivity contribution in [2.24, 2.45) is 11.1 Å². The molecule has 2 N–H and O–H groups in total. The molecule has 1 atom stereocenters. The zero-order valence-corrected chi connectivity index (χ0v) is 10.5. The van der Waals surface area contributed by atoms with Crippen LogP contribution in [0.5, 0.6) is 0 Å². The Morgan fingerprint density at radius 3 is 2.56 bits per heavy atom. The zero-order chi connectivity index (χ0) is 11.8. The van der Waals surface area contributed by atoms with Crippen LogP contribution in [-0.2, 0) is 0 Å². The van der Waals surface area contributed by atoms with Gasteiger partial charge in [0.05, 0.1) is 0 Å². The molecule has 2 heteroatoms. The van der Waals surface area contributed by atoms with Crippen molar-refractivity contribution in [1.82, 2.24) is 0 Å². The van der Waals surface area contributed by atoms with Gasteiger partial charge < -0.3 is 10.6 Å². The maximum atomic E-state index is 6.02. The van der Waals surface area contributed by atoms with Crippen molar-refractivity contribution < 1.29 is 0 Å². The molecule has 1 aliphatic heterocycles. The van der Waals surface area contributed by atoms with E-state index in [-0.39, 0.29) is 6.04 Å². The van der Waals surface area contributed by atoms with Crippen molar-refractivity contribution in [2.45, 2.75) is 33.2 Å². The lowest BCUT2D eigenvalue weighted by atomic mass is 9.93. The van der Waals surface area contributed by atoms with E-state index in [1.165, 1.54) is 17.7 Å². The highest BCUT2D eigenvalue weighted by atomic mass is 15.2. The van der Waals surface area contributed by atoms with Crippen LogP contribution in [-0.4, -0.2) is 13.1 Å². The maximum absolute atomic E-state index is 6.02. The molecule has 1 heterocycles. The minimum absolute atomic E-state index is 0.111. The summed E-state index contributed by atoms with van der Waals surface area (Å²) in [5.74, 6) is 0. The van der Waals surface area contributed by atoms with Gasteiger partial charge in [-0.05, 0) is 30.4 Å². The van der Waals surface area contributed by atoms with Crippen molar-refractivity contribution >= 4 is 5.69 Å². The molecule has 1 aliphatic rings. The Kier molecular flexibility index (Phi) is 2.94. The molecule has 2 nitrogen and oxygen atoms in total. The van der Waals surface area contributed by atoms with E-state index in [9.17, 15) is 0 Å². The highest BCUT2D eigenvalue weighted by molar-refractivity contribution is 5.55. The van der Waals surface area contributed by atoms with Gasteiger partial charge in [0.25, 0.3) is 0 Å². The molecule has 2 rings (SSSR count). The summed E-state index contributed by atoms with van der Waals surface area (Å²) >= 11 is 0. The molecule has 1 aromatic carbocycles. The fourth-order valence-corrected chi connectivity index (χ4v) is 2.48. The highest BCUT2D eigenvalue weighted by Gasteiger charge is 2.30. The Labute approximate surface area is 98.4 Å². The van der Waals surface area contributed by atoms with Gasteiger partial charge in [-0.2, -0.15) is 0 Å². The lowest BCUT2D eigenvalue weighted by Crippen LogP contribution is -2.24. The van der Waals surface area contributed by atoms with Crippen LogP contribution in [0.15, 0.2) is 24.3 Å². The summed E-state index contributed by atoms with van der Waals surface area (Å²) < 4.78 is 0. The molecule has 0 saturated carbocycles. The Balaban J connectivity index is 2.28. The number of nitrogens with two attached hydrogens (primary N) is 1. The van der Waals surface area contributed by atoms with Crippen LogP contribution in [0.3, 0.4) is 0 Å². The number of hydrogen-bond acceptors (Lipinski definition) is 2. The maximum Gasteiger partial charge on any atom is 0.0414 e. The zero-order valence-electron chi connectivity index (χ0n) is 10.5. The fraction of sp³-hybridized carbons (Fsp3) is 0.571. The SMILES string of the molecule is C[C@@H](N)c1ccccc1N1CCC(C)(C)C1. The van der Waals surface area contributed by atoms with Gasteiger partial charge in [-0.1, -0.05) is 32.0 Å². The largest absolute Gasteiger partial charge is 0.371 e. The van der Waals surface area contributed by atoms with Gasteiger partial charge in [0.1, 0.15) is 0 Å². The highest BCUT2D eigenvalue weighted by Crippen LogP contribution is 2.35. The van der Waals surface area contributed by atoms with Crippen LogP contribution in [0.2, 0.25) is 0 Å². The molecular weight excluding hydrogens is 196 g/mol. The summed E-state index contributed by atoms with van der Waals surface area (Å²) in [6, 6.07) is 8.63. The summed E-state index contributed by atoms with van der Waals surface area (Å²) in [5.41, 5.74) is 9.04. The summed E-state index contributed by atoms with van der Waals surface area (Å²) in [6.07, 6.45) is 1.26. The smallest absolute Gasteiger partial charge is 0.0414 e. The Hall–Kier alpha value is -1.02. The molecule has 16 heavy (non-hydrogen) atoms. The van der Waals surface area contributed by atoms with Crippen molar-refractivity contribution in [1.29, 1.82) is 0 Å². The van der Waals surface area contributed by atoms with Crippen LogP contribution in [0.4, 0.5) is 5.69 Å². The van der Waals surface area contributed by atoms with Gasteiger partial charge in [0.2, 0.25) is 0 Å². The number of anilines is 1. The number of para-hydroxylation sites is 1. The summed E-state index contributed by atoms with van der Waals surface area (Å²) in [7, 11) is 0. The van der Waals surface area contributed by atoms with E-state index in [2.05, 4.69) is 49.9 Å². The Bertz CT molecular complexity index is 369. The second kappa shape index (κ2) is 4.10. The average Bonchev–Trinajstić information content (AvgIpc) is 2.59.